The van der Waals surface area contributed by atoms with E-state index in [0.717, 1.165) is 5.69 Å². The highest BCUT2D eigenvalue weighted by molar-refractivity contribution is 5.86. The summed E-state index contributed by atoms with van der Waals surface area (Å²) < 4.78 is 13.1. The number of hydrogen-bond acceptors (Lipinski definition) is 2. The van der Waals surface area contributed by atoms with Crippen molar-refractivity contribution in [2.45, 2.75) is 6.92 Å². The number of nitrogens with zero attached hydrogens (tertiary/aromatic N) is 1. The molecular formula is C13H10FNO. The number of benzene rings is 1. The highest BCUT2D eigenvalue weighted by Crippen LogP contribution is 2.22. The van der Waals surface area contributed by atoms with Crippen molar-refractivity contribution in [3.63, 3.8) is 0 Å². The van der Waals surface area contributed by atoms with Crippen LogP contribution in [-0.4, -0.2) is 11.3 Å². The molecule has 0 aliphatic heterocycles. The maximum absolute atomic E-state index is 13.1. The van der Waals surface area contributed by atoms with Crippen LogP contribution in [0.4, 0.5) is 4.39 Å². The van der Waals surface area contributed by atoms with Crippen LogP contribution in [0.2, 0.25) is 0 Å². The minimum atomic E-state index is -0.371. The zero-order chi connectivity index (χ0) is 11.5. The maximum Gasteiger partial charge on any atom is 0.150 e. The topological polar surface area (TPSA) is 30.0 Å². The molecule has 2 aromatic rings. The van der Waals surface area contributed by atoms with Gasteiger partial charge in [0.15, 0.2) is 6.29 Å². The number of pyridine rings is 1. The van der Waals surface area contributed by atoms with E-state index in [9.17, 15) is 9.18 Å². The number of rotatable bonds is 2. The first-order valence-corrected chi connectivity index (χ1v) is 4.89. The SMILES string of the molecule is Cc1cccc(-c2cc(F)ccc2C=O)n1. The number of carbonyl (C=O) groups is 1. The normalized spacial score (nSPS) is 10.1. The number of aryl methyl sites for hydroxylation is 1. The van der Waals surface area contributed by atoms with E-state index in [1.165, 1.54) is 18.2 Å². The van der Waals surface area contributed by atoms with Crippen LogP contribution >= 0.6 is 0 Å². The molecule has 1 heterocycles. The summed E-state index contributed by atoms with van der Waals surface area (Å²) >= 11 is 0. The number of aromatic nitrogens is 1. The molecule has 16 heavy (non-hydrogen) atoms. The Hall–Kier alpha value is -2.03. The Balaban J connectivity index is 2.62. The molecule has 0 spiro atoms. The predicted molar refractivity (Wildman–Crippen MR) is 59.8 cm³/mol. The molecule has 0 saturated heterocycles. The minimum Gasteiger partial charge on any atom is -0.298 e. The smallest absolute Gasteiger partial charge is 0.150 e. The molecular weight excluding hydrogens is 205 g/mol. The molecule has 0 radical (unpaired) electrons. The van der Waals surface area contributed by atoms with E-state index in [4.69, 9.17) is 0 Å². The lowest BCUT2D eigenvalue weighted by Gasteiger charge is -2.05. The van der Waals surface area contributed by atoms with Crippen LogP contribution in [0.15, 0.2) is 36.4 Å². The first-order chi connectivity index (χ1) is 7.70. The molecule has 80 valence electrons. The van der Waals surface area contributed by atoms with Crippen molar-refractivity contribution in [1.29, 1.82) is 0 Å². The van der Waals surface area contributed by atoms with Gasteiger partial charge < -0.3 is 0 Å². The Morgan fingerprint density at radius 2 is 2.06 bits per heavy atom. The average Bonchev–Trinajstić information content (AvgIpc) is 2.29. The van der Waals surface area contributed by atoms with Gasteiger partial charge in [-0.1, -0.05) is 6.07 Å². The van der Waals surface area contributed by atoms with Crippen molar-refractivity contribution in [3.8, 4) is 11.3 Å². The van der Waals surface area contributed by atoms with E-state index >= 15 is 0 Å². The number of halogens is 1. The van der Waals surface area contributed by atoms with Gasteiger partial charge in [-0.25, -0.2) is 4.39 Å². The van der Waals surface area contributed by atoms with Crippen molar-refractivity contribution in [3.05, 3.63) is 53.5 Å². The van der Waals surface area contributed by atoms with E-state index in [1.54, 1.807) is 6.07 Å². The standard InChI is InChI=1S/C13H10FNO/c1-9-3-2-4-13(15-9)12-7-11(14)6-5-10(12)8-16/h2-8H,1H3. The van der Waals surface area contributed by atoms with Gasteiger partial charge in [0.1, 0.15) is 5.82 Å². The van der Waals surface area contributed by atoms with E-state index in [2.05, 4.69) is 4.98 Å². The summed E-state index contributed by atoms with van der Waals surface area (Å²) in [6.45, 7) is 1.85. The fourth-order valence-corrected chi connectivity index (χ4v) is 1.55. The zero-order valence-electron chi connectivity index (χ0n) is 8.77. The second kappa shape index (κ2) is 4.23. The molecule has 0 amide bonds. The molecule has 0 aliphatic rings. The Labute approximate surface area is 92.8 Å². The Morgan fingerprint density at radius 3 is 2.75 bits per heavy atom. The first kappa shape index (κ1) is 10.5. The minimum absolute atomic E-state index is 0.371. The summed E-state index contributed by atoms with van der Waals surface area (Å²) in [4.78, 5) is 15.1. The quantitative estimate of drug-likeness (QED) is 0.721. The number of hydrogen-bond donors (Lipinski definition) is 0. The molecule has 0 N–H and O–H groups in total. The molecule has 0 bridgehead atoms. The van der Waals surface area contributed by atoms with Crippen LogP contribution in [0.3, 0.4) is 0 Å². The lowest BCUT2D eigenvalue weighted by atomic mass is 10.0. The zero-order valence-corrected chi connectivity index (χ0v) is 8.77. The maximum atomic E-state index is 13.1. The van der Waals surface area contributed by atoms with Gasteiger partial charge in [-0.3, -0.25) is 9.78 Å². The van der Waals surface area contributed by atoms with Gasteiger partial charge in [0.2, 0.25) is 0 Å². The van der Waals surface area contributed by atoms with E-state index in [-0.39, 0.29) is 5.82 Å². The predicted octanol–water partition coefficient (Wildman–Crippen LogP) is 3.01. The first-order valence-electron chi connectivity index (χ1n) is 4.89. The second-order valence-corrected chi connectivity index (χ2v) is 3.51. The van der Waals surface area contributed by atoms with Crippen molar-refractivity contribution >= 4 is 6.29 Å². The average molecular weight is 215 g/mol. The van der Waals surface area contributed by atoms with Crippen LogP contribution in [-0.2, 0) is 0 Å². The van der Waals surface area contributed by atoms with Crippen molar-refractivity contribution in [2.24, 2.45) is 0 Å². The largest absolute Gasteiger partial charge is 0.298 e. The number of aldehydes is 1. The van der Waals surface area contributed by atoms with Crippen LogP contribution in [0, 0.1) is 12.7 Å². The third kappa shape index (κ3) is 1.98. The summed E-state index contributed by atoms with van der Waals surface area (Å²) in [5.41, 5.74) is 2.42. The summed E-state index contributed by atoms with van der Waals surface area (Å²) in [6.07, 6.45) is 0.707. The van der Waals surface area contributed by atoms with Crippen LogP contribution in [0.5, 0.6) is 0 Å². The molecule has 0 atom stereocenters. The summed E-state index contributed by atoms with van der Waals surface area (Å²) in [5.74, 6) is -0.371. The molecule has 0 fully saturated rings. The fraction of sp³-hybridized carbons (Fsp3) is 0.0769. The Morgan fingerprint density at radius 1 is 1.25 bits per heavy atom. The van der Waals surface area contributed by atoms with Crippen molar-refractivity contribution in [2.75, 3.05) is 0 Å². The third-order valence-electron chi connectivity index (χ3n) is 2.31. The van der Waals surface area contributed by atoms with Gasteiger partial charge >= 0.3 is 0 Å². The summed E-state index contributed by atoms with van der Waals surface area (Å²) in [7, 11) is 0. The third-order valence-corrected chi connectivity index (χ3v) is 2.31. The van der Waals surface area contributed by atoms with Gasteiger partial charge in [0.05, 0.1) is 5.69 Å². The van der Waals surface area contributed by atoms with Gasteiger partial charge in [0.25, 0.3) is 0 Å². The molecule has 2 nitrogen and oxygen atoms in total. The fourth-order valence-electron chi connectivity index (χ4n) is 1.55. The molecule has 0 aliphatic carbocycles. The highest BCUT2D eigenvalue weighted by atomic mass is 19.1. The van der Waals surface area contributed by atoms with Gasteiger partial charge in [-0.2, -0.15) is 0 Å². The van der Waals surface area contributed by atoms with Gasteiger partial charge in [0, 0.05) is 16.8 Å². The molecule has 2 rings (SSSR count). The van der Waals surface area contributed by atoms with E-state index in [1.807, 2.05) is 19.1 Å². The number of carbonyl (C=O) groups excluding carboxylic acids is 1. The lowest BCUT2D eigenvalue weighted by molar-refractivity contribution is 0.112. The lowest BCUT2D eigenvalue weighted by Crippen LogP contribution is -1.92. The van der Waals surface area contributed by atoms with Crippen molar-refractivity contribution < 1.29 is 9.18 Å². The molecule has 3 heteroatoms. The van der Waals surface area contributed by atoms with E-state index < -0.39 is 0 Å². The van der Waals surface area contributed by atoms with Crippen LogP contribution in [0.25, 0.3) is 11.3 Å². The van der Waals surface area contributed by atoms with Gasteiger partial charge in [-0.05, 0) is 37.3 Å². The molecule has 1 aromatic heterocycles. The summed E-state index contributed by atoms with van der Waals surface area (Å²) in [5, 5.41) is 0. The second-order valence-electron chi connectivity index (χ2n) is 3.51. The Bertz CT molecular complexity index is 537. The molecule has 1 aromatic carbocycles. The van der Waals surface area contributed by atoms with Gasteiger partial charge in [-0.15, -0.1) is 0 Å². The monoisotopic (exact) mass is 215 g/mol. The van der Waals surface area contributed by atoms with E-state index in [0.29, 0.717) is 23.1 Å². The highest BCUT2D eigenvalue weighted by Gasteiger charge is 2.07. The molecule has 0 saturated carbocycles. The van der Waals surface area contributed by atoms with Crippen LogP contribution in [0.1, 0.15) is 16.1 Å². The Kier molecular flexibility index (Phi) is 2.77. The van der Waals surface area contributed by atoms with Crippen LogP contribution < -0.4 is 0 Å². The summed E-state index contributed by atoms with van der Waals surface area (Å²) in [6, 6.07) is 9.49. The van der Waals surface area contributed by atoms with Crippen molar-refractivity contribution in [1.82, 2.24) is 4.98 Å². The molecule has 0 unspecified atom stereocenters.